The standard InChI is InChI=1S/C34H47N3O7/c1-21-13-12-14-22(2)27(21)28(37(24-17-18-24)30(40)26(20-38)36-32(42)44-34(6,7)8)29(39)35-25(31(41)43-33(3,4)5)19-23-15-10-9-11-16-23/h9-16,24-26,28,38H,17-20H2,1-8H3,(H,35,39)(H,36,42). The molecular formula is C34H47N3O7. The topological polar surface area (TPSA) is 134 Å². The first-order chi connectivity index (χ1) is 20.5. The van der Waals surface area contributed by atoms with Crippen LogP contribution in [0, 0.1) is 13.8 Å². The molecule has 10 heteroatoms. The molecule has 3 rings (SSSR count). The highest BCUT2D eigenvalue weighted by atomic mass is 16.6. The van der Waals surface area contributed by atoms with Crippen LogP contribution < -0.4 is 10.6 Å². The van der Waals surface area contributed by atoms with E-state index in [1.165, 1.54) is 4.90 Å². The number of aliphatic hydroxyl groups excluding tert-OH is 1. The number of alkyl carbamates (subject to hydrolysis) is 1. The fourth-order valence-electron chi connectivity index (χ4n) is 5.01. The van der Waals surface area contributed by atoms with Gasteiger partial charge in [0.25, 0.3) is 0 Å². The second-order valence-corrected chi connectivity index (χ2v) is 13.4. The zero-order valence-electron chi connectivity index (χ0n) is 27.1. The maximum absolute atomic E-state index is 14.4. The van der Waals surface area contributed by atoms with Crippen molar-refractivity contribution in [3.63, 3.8) is 0 Å². The molecule has 0 aliphatic heterocycles. The number of hydrogen-bond acceptors (Lipinski definition) is 7. The Morgan fingerprint density at radius 3 is 1.91 bits per heavy atom. The maximum Gasteiger partial charge on any atom is 0.408 e. The fourth-order valence-corrected chi connectivity index (χ4v) is 5.01. The number of hydrogen-bond donors (Lipinski definition) is 3. The van der Waals surface area contributed by atoms with E-state index in [-0.39, 0.29) is 12.5 Å². The van der Waals surface area contributed by atoms with Crippen molar-refractivity contribution in [1.82, 2.24) is 15.5 Å². The van der Waals surface area contributed by atoms with E-state index in [0.717, 1.165) is 16.7 Å². The summed E-state index contributed by atoms with van der Waals surface area (Å²) in [5.74, 6) is -1.79. The summed E-state index contributed by atoms with van der Waals surface area (Å²) < 4.78 is 11.0. The lowest BCUT2D eigenvalue weighted by Gasteiger charge is -2.36. The van der Waals surface area contributed by atoms with Gasteiger partial charge in [0.2, 0.25) is 11.8 Å². The zero-order valence-corrected chi connectivity index (χ0v) is 27.1. The van der Waals surface area contributed by atoms with Gasteiger partial charge in [0.15, 0.2) is 0 Å². The van der Waals surface area contributed by atoms with Crippen LogP contribution in [-0.4, -0.2) is 69.8 Å². The summed E-state index contributed by atoms with van der Waals surface area (Å²) in [6.07, 6.45) is 0.606. The monoisotopic (exact) mass is 609 g/mol. The van der Waals surface area contributed by atoms with Gasteiger partial charge in [-0.25, -0.2) is 9.59 Å². The number of nitrogens with zero attached hydrogens (tertiary/aromatic N) is 1. The second-order valence-electron chi connectivity index (χ2n) is 13.4. The molecule has 2 aromatic rings. The van der Waals surface area contributed by atoms with Crippen LogP contribution in [-0.2, 0) is 30.3 Å². The average Bonchev–Trinajstić information content (AvgIpc) is 3.74. The molecule has 0 saturated heterocycles. The van der Waals surface area contributed by atoms with Crippen LogP contribution in [0.25, 0.3) is 0 Å². The molecule has 0 aromatic heterocycles. The van der Waals surface area contributed by atoms with Crippen LogP contribution in [0.3, 0.4) is 0 Å². The minimum Gasteiger partial charge on any atom is -0.458 e. The van der Waals surface area contributed by atoms with Crippen LogP contribution >= 0.6 is 0 Å². The van der Waals surface area contributed by atoms with Crippen LogP contribution in [0.5, 0.6) is 0 Å². The molecule has 1 saturated carbocycles. The Hall–Kier alpha value is -3.92. The lowest BCUT2D eigenvalue weighted by Crippen LogP contribution is -2.56. The number of nitrogens with one attached hydrogen (secondary N) is 2. The molecule has 0 radical (unpaired) electrons. The normalized spacial score (nSPS) is 15.4. The molecular weight excluding hydrogens is 562 g/mol. The lowest BCUT2D eigenvalue weighted by atomic mass is 9.93. The maximum atomic E-state index is 14.4. The number of aliphatic hydroxyl groups is 1. The molecule has 1 fully saturated rings. The summed E-state index contributed by atoms with van der Waals surface area (Å²) in [6, 6.07) is 11.0. The minimum atomic E-state index is -1.35. The van der Waals surface area contributed by atoms with E-state index < -0.39 is 59.8 Å². The van der Waals surface area contributed by atoms with Gasteiger partial charge in [-0.15, -0.1) is 0 Å². The molecule has 44 heavy (non-hydrogen) atoms. The number of carbonyl (C=O) groups is 4. The molecule has 3 N–H and O–H groups in total. The molecule has 3 amide bonds. The molecule has 1 aliphatic carbocycles. The van der Waals surface area contributed by atoms with Crippen molar-refractivity contribution in [3.8, 4) is 0 Å². The van der Waals surface area contributed by atoms with E-state index >= 15 is 0 Å². The molecule has 0 bridgehead atoms. The molecule has 0 heterocycles. The highest BCUT2D eigenvalue weighted by Crippen LogP contribution is 2.38. The molecule has 10 nitrogen and oxygen atoms in total. The number of carbonyl (C=O) groups excluding carboxylic acids is 4. The minimum absolute atomic E-state index is 0.178. The Morgan fingerprint density at radius 2 is 1.41 bits per heavy atom. The summed E-state index contributed by atoms with van der Waals surface area (Å²) >= 11 is 0. The van der Waals surface area contributed by atoms with Crippen LogP contribution in [0.4, 0.5) is 4.79 Å². The fraction of sp³-hybridized carbons (Fsp3) is 0.529. The summed E-state index contributed by atoms with van der Waals surface area (Å²) in [6.45, 7) is 13.4. The number of rotatable bonds is 11. The SMILES string of the molecule is Cc1cccc(C)c1C(C(=O)NC(Cc1ccccc1)C(=O)OC(C)(C)C)N(C(=O)C(CO)NC(=O)OC(C)(C)C)C1CC1. The van der Waals surface area contributed by atoms with Gasteiger partial charge < -0.3 is 30.1 Å². The number of amides is 3. The van der Waals surface area contributed by atoms with Gasteiger partial charge in [0, 0.05) is 12.5 Å². The Kier molecular flexibility index (Phi) is 11.2. The van der Waals surface area contributed by atoms with Gasteiger partial charge in [0.1, 0.15) is 29.3 Å². The predicted molar refractivity (Wildman–Crippen MR) is 167 cm³/mol. The van der Waals surface area contributed by atoms with Crippen molar-refractivity contribution in [2.45, 2.75) is 110 Å². The summed E-state index contributed by atoms with van der Waals surface area (Å²) in [5, 5.41) is 15.6. The smallest absolute Gasteiger partial charge is 0.408 e. The van der Waals surface area contributed by atoms with E-state index in [1.807, 2.05) is 62.4 Å². The molecule has 3 atom stereocenters. The molecule has 240 valence electrons. The lowest BCUT2D eigenvalue weighted by molar-refractivity contribution is -0.159. The van der Waals surface area contributed by atoms with Gasteiger partial charge >= 0.3 is 12.1 Å². The number of aryl methyl sites for hydroxylation is 2. The van der Waals surface area contributed by atoms with Crippen molar-refractivity contribution >= 4 is 23.9 Å². The van der Waals surface area contributed by atoms with Crippen LogP contribution in [0.15, 0.2) is 48.5 Å². The molecule has 3 unspecified atom stereocenters. The zero-order chi connectivity index (χ0) is 32.8. The van der Waals surface area contributed by atoms with Crippen molar-refractivity contribution < 1.29 is 33.8 Å². The first-order valence-corrected chi connectivity index (χ1v) is 15.1. The van der Waals surface area contributed by atoms with Crippen LogP contribution in [0.2, 0.25) is 0 Å². The third-order valence-electron chi connectivity index (χ3n) is 7.00. The highest BCUT2D eigenvalue weighted by molar-refractivity contribution is 5.94. The molecule has 0 spiro atoms. The van der Waals surface area contributed by atoms with E-state index in [2.05, 4.69) is 10.6 Å². The summed E-state index contributed by atoms with van der Waals surface area (Å²) in [4.78, 5) is 56.0. The first kappa shape index (κ1) is 34.6. The second kappa shape index (κ2) is 14.2. The van der Waals surface area contributed by atoms with Crippen LogP contribution in [0.1, 0.15) is 82.7 Å². The molecule has 2 aromatic carbocycles. The molecule has 1 aliphatic rings. The first-order valence-electron chi connectivity index (χ1n) is 15.1. The Bertz CT molecular complexity index is 1310. The van der Waals surface area contributed by atoms with E-state index in [0.29, 0.717) is 18.4 Å². The largest absolute Gasteiger partial charge is 0.458 e. The third kappa shape index (κ3) is 9.80. The van der Waals surface area contributed by atoms with Gasteiger partial charge in [-0.3, -0.25) is 9.59 Å². The predicted octanol–water partition coefficient (Wildman–Crippen LogP) is 4.29. The summed E-state index contributed by atoms with van der Waals surface area (Å²) in [5.41, 5.74) is 1.38. The van der Waals surface area contributed by atoms with E-state index in [9.17, 15) is 24.3 Å². The number of ether oxygens (including phenoxy) is 2. The van der Waals surface area contributed by atoms with E-state index in [1.54, 1.807) is 41.5 Å². The van der Waals surface area contributed by atoms with Gasteiger partial charge in [0.05, 0.1) is 6.61 Å². The van der Waals surface area contributed by atoms with Crippen molar-refractivity contribution in [3.05, 3.63) is 70.8 Å². The Labute approximate surface area is 260 Å². The highest BCUT2D eigenvalue weighted by Gasteiger charge is 2.45. The van der Waals surface area contributed by atoms with Gasteiger partial charge in [-0.05, 0) is 90.5 Å². The Balaban J connectivity index is 2.04. The quantitative estimate of drug-likeness (QED) is 0.324. The average molecular weight is 610 g/mol. The number of benzene rings is 2. The van der Waals surface area contributed by atoms with Crippen molar-refractivity contribution in [2.24, 2.45) is 0 Å². The summed E-state index contributed by atoms with van der Waals surface area (Å²) in [7, 11) is 0. The van der Waals surface area contributed by atoms with E-state index in [4.69, 9.17) is 9.47 Å². The van der Waals surface area contributed by atoms with Gasteiger partial charge in [-0.2, -0.15) is 0 Å². The Morgan fingerprint density at radius 1 is 0.841 bits per heavy atom. The third-order valence-corrected chi connectivity index (χ3v) is 7.00. The van der Waals surface area contributed by atoms with Gasteiger partial charge in [-0.1, -0.05) is 48.5 Å². The number of esters is 1. The van der Waals surface area contributed by atoms with Crippen molar-refractivity contribution in [1.29, 1.82) is 0 Å². The van der Waals surface area contributed by atoms with Crippen molar-refractivity contribution in [2.75, 3.05) is 6.61 Å².